The molecule has 0 fully saturated rings. The third-order valence-electron chi connectivity index (χ3n) is 3.11. The summed E-state index contributed by atoms with van der Waals surface area (Å²) < 4.78 is 0. The lowest BCUT2D eigenvalue weighted by atomic mass is 10.1. The van der Waals surface area contributed by atoms with Gasteiger partial charge in [-0.2, -0.15) is 0 Å². The summed E-state index contributed by atoms with van der Waals surface area (Å²) in [5.41, 5.74) is 10.0. The smallest absolute Gasteiger partial charge is 0.147 e. The minimum absolute atomic E-state index is 0.500. The molecule has 0 bridgehead atoms. The monoisotopic (exact) mass is 261 g/mol. The molecule has 3 N–H and O–H groups in total. The van der Waals surface area contributed by atoms with E-state index in [9.17, 15) is 0 Å². The number of hydrogen-bond donors (Lipinski definition) is 2. The Bertz CT molecular complexity index is 691. The predicted molar refractivity (Wildman–Crippen MR) is 83.8 cm³/mol. The number of benzene rings is 2. The highest BCUT2D eigenvalue weighted by Crippen LogP contribution is 2.24. The summed E-state index contributed by atoms with van der Waals surface area (Å²) in [7, 11) is 0. The second kappa shape index (κ2) is 5.45. The van der Waals surface area contributed by atoms with Crippen LogP contribution in [0.4, 0.5) is 17.2 Å². The van der Waals surface area contributed by atoms with Gasteiger partial charge in [0.15, 0.2) is 0 Å². The molecule has 1 aromatic heterocycles. The number of hydrogen-bond acceptors (Lipinski definition) is 3. The number of nitrogens with two attached hydrogens (primary N) is 1. The quantitative estimate of drug-likeness (QED) is 0.747. The van der Waals surface area contributed by atoms with Gasteiger partial charge in [0.25, 0.3) is 0 Å². The van der Waals surface area contributed by atoms with Crippen LogP contribution in [0.1, 0.15) is 0 Å². The van der Waals surface area contributed by atoms with Crippen LogP contribution in [-0.2, 0) is 0 Å². The minimum Gasteiger partial charge on any atom is -0.382 e. The Morgan fingerprint density at radius 3 is 2.15 bits per heavy atom. The first-order valence-corrected chi connectivity index (χ1v) is 6.46. The molecule has 3 nitrogen and oxygen atoms in total. The summed E-state index contributed by atoms with van der Waals surface area (Å²) in [4.78, 5) is 4.06. The molecule has 2 aromatic carbocycles. The molecule has 1 heterocycles. The molecule has 98 valence electrons. The molecular formula is C17H15N3. The van der Waals surface area contributed by atoms with Crippen molar-refractivity contribution in [1.29, 1.82) is 0 Å². The van der Waals surface area contributed by atoms with Gasteiger partial charge in [-0.25, -0.2) is 4.98 Å². The molecule has 3 aromatic rings. The lowest BCUT2D eigenvalue weighted by Crippen LogP contribution is -1.97. The summed E-state index contributed by atoms with van der Waals surface area (Å²) in [6.45, 7) is 0. The molecule has 3 rings (SSSR count). The van der Waals surface area contributed by atoms with Crippen LogP contribution in [0.3, 0.4) is 0 Å². The highest BCUT2D eigenvalue weighted by molar-refractivity contribution is 5.72. The number of anilines is 3. The van der Waals surface area contributed by atoms with Gasteiger partial charge in [0.2, 0.25) is 0 Å². The van der Waals surface area contributed by atoms with E-state index < -0.39 is 0 Å². The Labute approximate surface area is 118 Å². The third kappa shape index (κ3) is 2.62. The normalized spacial score (nSPS) is 10.2. The SMILES string of the molecule is Nc1ncccc1Nc1ccc(-c2ccccc2)cc1. The molecule has 0 aliphatic rings. The third-order valence-corrected chi connectivity index (χ3v) is 3.11. The number of pyridine rings is 1. The maximum Gasteiger partial charge on any atom is 0.147 e. The average molecular weight is 261 g/mol. The zero-order valence-corrected chi connectivity index (χ0v) is 11.0. The van der Waals surface area contributed by atoms with Crippen molar-refractivity contribution in [2.24, 2.45) is 0 Å². The highest BCUT2D eigenvalue weighted by Gasteiger charge is 2.00. The fourth-order valence-corrected chi connectivity index (χ4v) is 2.06. The molecule has 3 heteroatoms. The first-order chi connectivity index (χ1) is 9.83. The molecule has 20 heavy (non-hydrogen) atoms. The van der Waals surface area contributed by atoms with Crippen LogP contribution in [0.25, 0.3) is 11.1 Å². The molecule has 0 unspecified atom stereocenters. The zero-order chi connectivity index (χ0) is 13.8. The van der Waals surface area contributed by atoms with E-state index in [0.29, 0.717) is 5.82 Å². The Hall–Kier alpha value is -2.81. The number of aromatic nitrogens is 1. The first-order valence-electron chi connectivity index (χ1n) is 6.46. The van der Waals surface area contributed by atoms with E-state index in [4.69, 9.17) is 5.73 Å². The first kappa shape index (κ1) is 12.2. The molecule has 0 radical (unpaired) electrons. The summed E-state index contributed by atoms with van der Waals surface area (Å²) in [5.74, 6) is 0.500. The van der Waals surface area contributed by atoms with E-state index in [2.05, 4.69) is 34.6 Å². The predicted octanol–water partition coefficient (Wildman–Crippen LogP) is 4.07. The molecule has 0 saturated heterocycles. The lowest BCUT2D eigenvalue weighted by molar-refractivity contribution is 1.33. The molecular weight excluding hydrogens is 246 g/mol. The largest absolute Gasteiger partial charge is 0.382 e. The van der Waals surface area contributed by atoms with Crippen LogP contribution < -0.4 is 11.1 Å². The number of nitrogens with one attached hydrogen (secondary N) is 1. The maximum absolute atomic E-state index is 5.82. The van der Waals surface area contributed by atoms with Crippen molar-refractivity contribution < 1.29 is 0 Å². The topological polar surface area (TPSA) is 50.9 Å². The van der Waals surface area contributed by atoms with Gasteiger partial charge >= 0.3 is 0 Å². The van der Waals surface area contributed by atoms with Crippen molar-refractivity contribution in [2.45, 2.75) is 0 Å². The van der Waals surface area contributed by atoms with Gasteiger partial charge in [-0.15, -0.1) is 0 Å². The van der Waals surface area contributed by atoms with Crippen molar-refractivity contribution >= 4 is 17.2 Å². The maximum atomic E-state index is 5.82. The van der Waals surface area contributed by atoms with Crippen LogP contribution in [0.15, 0.2) is 72.9 Å². The van der Waals surface area contributed by atoms with E-state index in [1.54, 1.807) is 6.20 Å². The summed E-state index contributed by atoms with van der Waals surface area (Å²) in [6.07, 6.45) is 1.68. The van der Waals surface area contributed by atoms with Gasteiger partial charge in [0, 0.05) is 11.9 Å². The van der Waals surface area contributed by atoms with Gasteiger partial charge in [-0.3, -0.25) is 0 Å². The Morgan fingerprint density at radius 2 is 1.45 bits per heavy atom. The van der Waals surface area contributed by atoms with Crippen molar-refractivity contribution in [3.8, 4) is 11.1 Å². The van der Waals surface area contributed by atoms with E-state index in [1.807, 2.05) is 42.5 Å². The van der Waals surface area contributed by atoms with E-state index in [-0.39, 0.29) is 0 Å². The molecule has 0 amide bonds. The average Bonchev–Trinajstić information content (AvgIpc) is 2.51. The summed E-state index contributed by atoms with van der Waals surface area (Å²) in [6, 6.07) is 22.3. The second-order valence-corrected chi connectivity index (χ2v) is 4.50. The Morgan fingerprint density at radius 1 is 0.750 bits per heavy atom. The van der Waals surface area contributed by atoms with Gasteiger partial charge in [0.1, 0.15) is 5.82 Å². The second-order valence-electron chi connectivity index (χ2n) is 4.50. The molecule has 0 aliphatic heterocycles. The molecule has 0 saturated carbocycles. The lowest BCUT2D eigenvalue weighted by Gasteiger charge is -2.09. The number of rotatable bonds is 3. The van der Waals surface area contributed by atoms with Crippen molar-refractivity contribution in [3.63, 3.8) is 0 Å². The Balaban J connectivity index is 1.82. The molecule has 0 spiro atoms. The molecule has 0 aliphatic carbocycles. The van der Waals surface area contributed by atoms with Crippen LogP contribution in [-0.4, -0.2) is 4.98 Å². The van der Waals surface area contributed by atoms with Gasteiger partial charge < -0.3 is 11.1 Å². The van der Waals surface area contributed by atoms with E-state index in [1.165, 1.54) is 11.1 Å². The minimum atomic E-state index is 0.500. The summed E-state index contributed by atoms with van der Waals surface area (Å²) >= 11 is 0. The van der Waals surface area contributed by atoms with Crippen LogP contribution >= 0.6 is 0 Å². The van der Waals surface area contributed by atoms with Gasteiger partial charge in [-0.1, -0.05) is 42.5 Å². The number of nitrogens with zero attached hydrogens (tertiary/aromatic N) is 1. The fraction of sp³-hybridized carbons (Fsp3) is 0. The van der Waals surface area contributed by atoms with Crippen molar-refractivity contribution in [1.82, 2.24) is 4.98 Å². The Kier molecular flexibility index (Phi) is 3.33. The van der Waals surface area contributed by atoms with E-state index >= 15 is 0 Å². The van der Waals surface area contributed by atoms with Gasteiger partial charge in [-0.05, 0) is 35.4 Å². The van der Waals surface area contributed by atoms with E-state index in [0.717, 1.165) is 11.4 Å². The van der Waals surface area contributed by atoms with Crippen molar-refractivity contribution in [2.75, 3.05) is 11.1 Å². The zero-order valence-electron chi connectivity index (χ0n) is 11.0. The van der Waals surface area contributed by atoms with Crippen LogP contribution in [0.5, 0.6) is 0 Å². The van der Waals surface area contributed by atoms with Crippen LogP contribution in [0.2, 0.25) is 0 Å². The number of nitrogen functional groups attached to an aromatic ring is 1. The highest BCUT2D eigenvalue weighted by atomic mass is 15.0. The molecule has 0 atom stereocenters. The summed E-state index contributed by atoms with van der Waals surface area (Å²) in [5, 5.41) is 3.26. The fourth-order valence-electron chi connectivity index (χ4n) is 2.06. The van der Waals surface area contributed by atoms with Crippen molar-refractivity contribution in [3.05, 3.63) is 72.9 Å². The van der Waals surface area contributed by atoms with Crippen LogP contribution in [0, 0.1) is 0 Å². The van der Waals surface area contributed by atoms with Gasteiger partial charge in [0.05, 0.1) is 5.69 Å². The standard InChI is InChI=1S/C17H15N3/c18-17-16(7-4-12-19-17)20-15-10-8-14(9-11-15)13-5-2-1-3-6-13/h1-12,20H,(H2,18,19).